The molecule has 1 aromatic rings. The van der Waals surface area contributed by atoms with Gasteiger partial charge in [0, 0.05) is 24.7 Å². The molecule has 1 unspecified atom stereocenters. The number of carboxylic acids is 1. The molecule has 1 aromatic heterocycles. The molecule has 82 valence electrons. The van der Waals surface area contributed by atoms with Crippen molar-refractivity contribution in [3.05, 3.63) is 34.2 Å². The van der Waals surface area contributed by atoms with Crippen LogP contribution in [0, 0.1) is 5.92 Å². The first-order valence-corrected chi connectivity index (χ1v) is 4.97. The van der Waals surface area contributed by atoms with Crippen molar-refractivity contribution < 1.29 is 9.90 Å². The van der Waals surface area contributed by atoms with Crippen molar-refractivity contribution >= 4 is 5.97 Å². The van der Waals surface area contributed by atoms with Crippen LogP contribution in [0.15, 0.2) is 23.0 Å². The first-order valence-electron chi connectivity index (χ1n) is 4.97. The second-order valence-corrected chi connectivity index (χ2v) is 3.54. The first-order chi connectivity index (χ1) is 7.06. The standard InChI is InChI=1S/C11H15NO3/c1-3-12-9(5-4-6-10(12)13)7-8(2)11(14)15/h4-6,8H,3,7H2,1-2H3,(H,14,15). The van der Waals surface area contributed by atoms with Crippen LogP contribution in [0.2, 0.25) is 0 Å². The fraction of sp³-hybridized carbons (Fsp3) is 0.455. The maximum atomic E-state index is 11.4. The number of hydrogen-bond acceptors (Lipinski definition) is 2. The fourth-order valence-corrected chi connectivity index (χ4v) is 1.50. The predicted octanol–water partition coefficient (Wildman–Crippen LogP) is 1.13. The summed E-state index contributed by atoms with van der Waals surface area (Å²) in [5.74, 6) is -1.31. The lowest BCUT2D eigenvalue weighted by molar-refractivity contribution is -0.141. The van der Waals surface area contributed by atoms with E-state index in [2.05, 4.69) is 0 Å². The number of pyridine rings is 1. The van der Waals surface area contributed by atoms with E-state index in [4.69, 9.17) is 5.11 Å². The van der Waals surface area contributed by atoms with Gasteiger partial charge in [0.1, 0.15) is 0 Å². The van der Waals surface area contributed by atoms with E-state index in [-0.39, 0.29) is 5.56 Å². The zero-order valence-electron chi connectivity index (χ0n) is 8.93. The number of rotatable bonds is 4. The third-order valence-corrected chi connectivity index (χ3v) is 2.39. The molecule has 1 heterocycles. The minimum Gasteiger partial charge on any atom is -0.481 e. The van der Waals surface area contributed by atoms with Crippen LogP contribution in [0.3, 0.4) is 0 Å². The van der Waals surface area contributed by atoms with Crippen LogP contribution in [0.4, 0.5) is 0 Å². The summed E-state index contributed by atoms with van der Waals surface area (Å²) in [6.07, 6.45) is 0.388. The zero-order chi connectivity index (χ0) is 11.4. The maximum absolute atomic E-state index is 11.4. The molecule has 0 aromatic carbocycles. The summed E-state index contributed by atoms with van der Waals surface area (Å²) >= 11 is 0. The van der Waals surface area contributed by atoms with E-state index in [1.807, 2.05) is 6.92 Å². The molecule has 15 heavy (non-hydrogen) atoms. The quantitative estimate of drug-likeness (QED) is 0.808. The molecular weight excluding hydrogens is 194 g/mol. The van der Waals surface area contributed by atoms with Crippen molar-refractivity contribution in [2.45, 2.75) is 26.8 Å². The van der Waals surface area contributed by atoms with Crippen LogP contribution in [0.1, 0.15) is 19.5 Å². The van der Waals surface area contributed by atoms with Crippen LogP contribution in [-0.2, 0) is 17.8 Å². The topological polar surface area (TPSA) is 59.3 Å². The SMILES string of the molecule is CCn1c(CC(C)C(=O)O)cccc1=O. The number of carbonyl (C=O) groups is 1. The van der Waals surface area contributed by atoms with Crippen molar-refractivity contribution in [1.82, 2.24) is 4.57 Å². The van der Waals surface area contributed by atoms with Crippen LogP contribution in [-0.4, -0.2) is 15.6 Å². The lowest BCUT2D eigenvalue weighted by Crippen LogP contribution is -2.24. The highest BCUT2D eigenvalue weighted by Gasteiger charge is 2.13. The molecular formula is C11H15NO3. The monoisotopic (exact) mass is 209 g/mol. The second kappa shape index (κ2) is 4.77. The molecule has 0 amide bonds. The van der Waals surface area contributed by atoms with Crippen molar-refractivity contribution in [1.29, 1.82) is 0 Å². The minimum absolute atomic E-state index is 0.0763. The molecule has 4 heteroatoms. The van der Waals surface area contributed by atoms with Crippen LogP contribution < -0.4 is 5.56 Å². The first kappa shape index (κ1) is 11.5. The van der Waals surface area contributed by atoms with E-state index in [1.165, 1.54) is 6.07 Å². The molecule has 0 spiro atoms. The Morgan fingerprint density at radius 1 is 1.53 bits per heavy atom. The third-order valence-electron chi connectivity index (χ3n) is 2.39. The van der Waals surface area contributed by atoms with E-state index < -0.39 is 11.9 Å². The number of hydrogen-bond donors (Lipinski definition) is 1. The molecule has 0 aliphatic heterocycles. The highest BCUT2D eigenvalue weighted by molar-refractivity contribution is 5.69. The molecule has 0 bridgehead atoms. The summed E-state index contributed by atoms with van der Waals surface area (Å²) in [4.78, 5) is 22.1. The molecule has 0 saturated heterocycles. The van der Waals surface area contributed by atoms with Gasteiger partial charge in [-0.25, -0.2) is 0 Å². The van der Waals surface area contributed by atoms with Gasteiger partial charge in [-0.05, 0) is 13.0 Å². The highest BCUT2D eigenvalue weighted by atomic mass is 16.4. The molecule has 0 fully saturated rings. The highest BCUT2D eigenvalue weighted by Crippen LogP contribution is 2.07. The Balaban J connectivity index is 2.99. The van der Waals surface area contributed by atoms with Crippen molar-refractivity contribution in [2.75, 3.05) is 0 Å². The van der Waals surface area contributed by atoms with Crippen molar-refractivity contribution in [3.8, 4) is 0 Å². The summed E-state index contributed by atoms with van der Waals surface area (Å²) in [5.41, 5.74) is 0.701. The summed E-state index contributed by atoms with van der Waals surface area (Å²) in [5, 5.41) is 8.79. The smallest absolute Gasteiger partial charge is 0.306 e. The molecule has 1 N–H and O–H groups in total. The number of aromatic nitrogens is 1. The van der Waals surface area contributed by atoms with Crippen LogP contribution >= 0.6 is 0 Å². The average Bonchev–Trinajstić information content (AvgIpc) is 2.18. The molecule has 0 aliphatic rings. The average molecular weight is 209 g/mol. The Kier molecular flexibility index (Phi) is 3.66. The van der Waals surface area contributed by atoms with E-state index >= 15 is 0 Å². The van der Waals surface area contributed by atoms with Crippen LogP contribution in [0.5, 0.6) is 0 Å². The predicted molar refractivity (Wildman–Crippen MR) is 56.9 cm³/mol. The lowest BCUT2D eigenvalue weighted by atomic mass is 10.1. The van der Waals surface area contributed by atoms with Gasteiger partial charge in [-0.2, -0.15) is 0 Å². The Bertz CT molecular complexity index is 409. The fourth-order valence-electron chi connectivity index (χ4n) is 1.50. The summed E-state index contributed by atoms with van der Waals surface area (Å²) < 4.78 is 1.60. The molecule has 0 radical (unpaired) electrons. The molecule has 0 aliphatic carbocycles. The van der Waals surface area contributed by atoms with Crippen molar-refractivity contribution in [3.63, 3.8) is 0 Å². The van der Waals surface area contributed by atoms with Gasteiger partial charge in [0.15, 0.2) is 0 Å². The number of aliphatic carboxylic acids is 1. The lowest BCUT2D eigenvalue weighted by Gasteiger charge is -2.12. The van der Waals surface area contributed by atoms with Gasteiger partial charge in [-0.15, -0.1) is 0 Å². The molecule has 1 rings (SSSR count). The van der Waals surface area contributed by atoms with E-state index in [0.29, 0.717) is 13.0 Å². The molecule has 4 nitrogen and oxygen atoms in total. The maximum Gasteiger partial charge on any atom is 0.306 e. The van der Waals surface area contributed by atoms with Gasteiger partial charge in [-0.3, -0.25) is 9.59 Å². The summed E-state index contributed by atoms with van der Waals surface area (Å²) in [7, 11) is 0. The summed E-state index contributed by atoms with van der Waals surface area (Å²) in [6.45, 7) is 4.08. The van der Waals surface area contributed by atoms with E-state index in [0.717, 1.165) is 5.69 Å². The van der Waals surface area contributed by atoms with Crippen LogP contribution in [0.25, 0.3) is 0 Å². The normalized spacial score (nSPS) is 12.4. The Labute approximate surface area is 88.2 Å². The van der Waals surface area contributed by atoms with Crippen molar-refractivity contribution in [2.24, 2.45) is 5.92 Å². The van der Waals surface area contributed by atoms with E-state index in [9.17, 15) is 9.59 Å². The Hall–Kier alpha value is -1.58. The number of nitrogens with zero attached hydrogens (tertiary/aromatic N) is 1. The van der Waals surface area contributed by atoms with Gasteiger partial charge in [0.05, 0.1) is 5.92 Å². The zero-order valence-corrected chi connectivity index (χ0v) is 8.93. The van der Waals surface area contributed by atoms with Gasteiger partial charge in [-0.1, -0.05) is 13.0 Å². The minimum atomic E-state index is -0.839. The van der Waals surface area contributed by atoms with E-state index in [1.54, 1.807) is 23.6 Å². The third kappa shape index (κ3) is 2.68. The Morgan fingerprint density at radius 2 is 2.20 bits per heavy atom. The second-order valence-electron chi connectivity index (χ2n) is 3.54. The molecule has 0 saturated carbocycles. The van der Waals surface area contributed by atoms with Gasteiger partial charge >= 0.3 is 5.97 Å². The van der Waals surface area contributed by atoms with Gasteiger partial charge < -0.3 is 9.67 Å². The van der Waals surface area contributed by atoms with Gasteiger partial charge in [0.25, 0.3) is 5.56 Å². The Morgan fingerprint density at radius 3 is 2.73 bits per heavy atom. The largest absolute Gasteiger partial charge is 0.481 e. The molecule has 1 atom stereocenters. The van der Waals surface area contributed by atoms with Gasteiger partial charge in [0.2, 0.25) is 0 Å². The number of carboxylic acid groups (broad SMARTS) is 1. The summed E-state index contributed by atoms with van der Waals surface area (Å²) in [6, 6.07) is 4.95.